The quantitative estimate of drug-likeness (QED) is 0.551. The number of fused-ring (bicyclic) bond motifs is 1. The van der Waals surface area contributed by atoms with Gasteiger partial charge in [0.1, 0.15) is 5.65 Å². The van der Waals surface area contributed by atoms with E-state index in [0.29, 0.717) is 17.6 Å². The van der Waals surface area contributed by atoms with Gasteiger partial charge in [0.15, 0.2) is 0 Å². The molecule has 1 saturated carbocycles. The van der Waals surface area contributed by atoms with Crippen molar-refractivity contribution < 1.29 is 4.79 Å². The first-order valence-corrected chi connectivity index (χ1v) is 8.96. The summed E-state index contributed by atoms with van der Waals surface area (Å²) in [5.74, 6) is -0.124. The number of H-pyrrole nitrogens is 1. The van der Waals surface area contributed by atoms with Crippen LogP contribution in [0.3, 0.4) is 0 Å². The summed E-state index contributed by atoms with van der Waals surface area (Å²) >= 11 is 0. The van der Waals surface area contributed by atoms with Crippen molar-refractivity contribution in [2.75, 3.05) is 12.4 Å². The van der Waals surface area contributed by atoms with Crippen LogP contribution < -0.4 is 16.0 Å². The van der Waals surface area contributed by atoms with Gasteiger partial charge in [-0.05, 0) is 24.5 Å². The Kier molecular flexibility index (Phi) is 4.58. The molecule has 134 valence electrons. The van der Waals surface area contributed by atoms with Crippen molar-refractivity contribution in [2.45, 2.75) is 31.5 Å². The number of benzene rings is 1. The van der Waals surface area contributed by atoms with Crippen LogP contribution in [0.25, 0.3) is 11.0 Å². The second kappa shape index (κ2) is 7.17. The predicted molar refractivity (Wildman–Crippen MR) is 103 cm³/mol. The molecule has 0 spiro atoms. The minimum absolute atomic E-state index is 0.124. The number of amides is 1. The summed E-state index contributed by atoms with van der Waals surface area (Å²) in [5, 5.41) is 10.8. The van der Waals surface area contributed by atoms with E-state index in [1.807, 2.05) is 18.3 Å². The topological polar surface area (TPSA) is 81.8 Å². The van der Waals surface area contributed by atoms with Crippen LogP contribution in [0.1, 0.15) is 28.8 Å². The van der Waals surface area contributed by atoms with Gasteiger partial charge in [0.25, 0.3) is 5.91 Å². The Labute approximate surface area is 152 Å². The standard InChI is InChI=1S/C20H23N5O/c1-21-20(26)17-12-24-19-16(7-8-22-19)18(17)25-15-9-14(10-15)23-11-13-5-3-2-4-6-13/h2-8,12,14-15,23H,9-11H2,1H3,(H,21,26)(H2,22,24,25). The van der Waals surface area contributed by atoms with Crippen molar-refractivity contribution in [1.29, 1.82) is 0 Å². The number of nitrogens with one attached hydrogen (secondary N) is 4. The van der Waals surface area contributed by atoms with Crippen molar-refractivity contribution in [3.63, 3.8) is 0 Å². The van der Waals surface area contributed by atoms with Gasteiger partial charge in [0.05, 0.1) is 11.3 Å². The van der Waals surface area contributed by atoms with Crippen molar-refractivity contribution >= 4 is 22.6 Å². The Morgan fingerprint density at radius 1 is 1.19 bits per heavy atom. The highest BCUT2D eigenvalue weighted by Crippen LogP contribution is 2.31. The third-order valence-corrected chi connectivity index (χ3v) is 4.98. The molecule has 3 aromatic rings. The smallest absolute Gasteiger partial charge is 0.254 e. The van der Waals surface area contributed by atoms with Crippen LogP contribution in [0.15, 0.2) is 48.8 Å². The number of aromatic nitrogens is 2. The summed E-state index contributed by atoms with van der Waals surface area (Å²) in [6.45, 7) is 0.888. The summed E-state index contributed by atoms with van der Waals surface area (Å²) in [5.41, 5.74) is 3.54. The van der Waals surface area contributed by atoms with E-state index in [1.54, 1.807) is 13.2 Å². The van der Waals surface area contributed by atoms with Crippen molar-refractivity contribution in [3.8, 4) is 0 Å². The highest BCUT2D eigenvalue weighted by Gasteiger charge is 2.30. The molecule has 0 unspecified atom stereocenters. The first-order valence-electron chi connectivity index (χ1n) is 8.96. The first-order chi connectivity index (χ1) is 12.7. The molecule has 2 aromatic heterocycles. The zero-order chi connectivity index (χ0) is 17.9. The molecule has 1 aliphatic rings. The van der Waals surface area contributed by atoms with E-state index >= 15 is 0 Å². The second-order valence-electron chi connectivity index (χ2n) is 6.74. The zero-order valence-electron chi connectivity index (χ0n) is 14.8. The first kappa shape index (κ1) is 16.6. The van der Waals surface area contributed by atoms with Crippen molar-refractivity contribution in [3.05, 3.63) is 59.9 Å². The summed E-state index contributed by atoms with van der Waals surface area (Å²) in [7, 11) is 1.64. The van der Waals surface area contributed by atoms with Gasteiger partial charge < -0.3 is 20.9 Å². The number of carbonyl (C=O) groups is 1. The van der Waals surface area contributed by atoms with Gasteiger partial charge in [-0.2, -0.15) is 0 Å². The van der Waals surface area contributed by atoms with Gasteiger partial charge in [-0.1, -0.05) is 30.3 Å². The lowest BCUT2D eigenvalue weighted by Gasteiger charge is -2.37. The molecule has 26 heavy (non-hydrogen) atoms. The fourth-order valence-electron chi connectivity index (χ4n) is 3.43. The van der Waals surface area contributed by atoms with Crippen LogP contribution >= 0.6 is 0 Å². The van der Waals surface area contributed by atoms with Gasteiger partial charge in [-0.3, -0.25) is 4.79 Å². The van der Waals surface area contributed by atoms with E-state index in [4.69, 9.17) is 0 Å². The lowest BCUT2D eigenvalue weighted by atomic mass is 9.86. The fourth-order valence-corrected chi connectivity index (χ4v) is 3.43. The molecule has 6 heteroatoms. The number of aromatic amines is 1. The monoisotopic (exact) mass is 349 g/mol. The molecule has 2 heterocycles. The molecule has 1 aromatic carbocycles. The van der Waals surface area contributed by atoms with Crippen LogP contribution in [0, 0.1) is 0 Å². The summed E-state index contributed by atoms with van der Waals surface area (Å²) in [6, 6.07) is 13.2. The van der Waals surface area contributed by atoms with E-state index in [9.17, 15) is 4.79 Å². The van der Waals surface area contributed by atoms with Crippen LogP contribution in [0.2, 0.25) is 0 Å². The van der Waals surface area contributed by atoms with Crippen LogP contribution in [-0.2, 0) is 6.54 Å². The number of anilines is 1. The largest absolute Gasteiger partial charge is 0.381 e. The van der Waals surface area contributed by atoms with E-state index in [-0.39, 0.29) is 5.91 Å². The Balaban J connectivity index is 1.41. The molecular formula is C20H23N5O. The normalized spacial score (nSPS) is 19.1. The minimum atomic E-state index is -0.124. The van der Waals surface area contributed by atoms with E-state index in [2.05, 4.69) is 50.2 Å². The molecule has 0 radical (unpaired) electrons. The molecule has 0 bridgehead atoms. The molecule has 4 rings (SSSR count). The van der Waals surface area contributed by atoms with Gasteiger partial charge in [-0.15, -0.1) is 0 Å². The Morgan fingerprint density at radius 2 is 2.00 bits per heavy atom. The average Bonchev–Trinajstić information content (AvgIpc) is 3.12. The number of carbonyl (C=O) groups excluding carboxylic acids is 1. The predicted octanol–water partition coefficient (Wildman–Crippen LogP) is 2.66. The van der Waals surface area contributed by atoms with E-state index in [1.165, 1.54) is 5.56 Å². The molecule has 1 amide bonds. The summed E-state index contributed by atoms with van der Waals surface area (Å²) in [6.07, 6.45) is 5.55. The maximum Gasteiger partial charge on any atom is 0.254 e. The second-order valence-corrected chi connectivity index (χ2v) is 6.74. The maximum absolute atomic E-state index is 12.2. The molecule has 1 fully saturated rings. The van der Waals surface area contributed by atoms with E-state index < -0.39 is 0 Å². The van der Waals surface area contributed by atoms with Crippen LogP contribution in [0.4, 0.5) is 5.69 Å². The number of pyridine rings is 1. The maximum atomic E-state index is 12.2. The molecule has 4 N–H and O–H groups in total. The Hall–Kier alpha value is -2.86. The van der Waals surface area contributed by atoms with Gasteiger partial charge in [-0.25, -0.2) is 4.98 Å². The van der Waals surface area contributed by atoms with Crippen molar-refractivity contribution in [2.24, 2.45) is 0 Å². The van der Waals surface area contributed by atoms with Gasteiger partial charge in [0.2, 0.25) is 0 Å². The fraction of sp³-hybridized carbons (Fsp3) is 0.300. The van der Waals surface area contributed by atoms with Gasteiger partial charge in [0, 0.05) is 43.5 Å². The Morgan fingerprint density at radius 3 is 2.77 bits per heavy atom. The number of nitrogens with zero attached hydrogens (tertiary/aromatic N) is 1. The molecule has 0 saturated heterocycles. The molecule has 1 aliphatic carbocycles. The zero-order valence-corrected chi connectivity index (χ0v) is 14.8. The van der Waals surface area contributed by atoms with Crippen molar-refractivity contribution in [1.82, 2.24) is 20.6 Å². The Bertz CT molecular complexity index is 899. The highest BCUT2D eigenvalue weighted by atomic mass is 16.1. The third kappa shape index (κ3) is 3.28. The van der Waals surface area contributed by atoms with Crippen LogP contribution in [-0.4, -0.2) is 35.0 Å². The summed E-state index contributed by atoms with van der Waals surface area (Å²) in [4.78, 5) is 19.6. The summed E-state index contributed by atoms with van der Waals surface area (Å²) < 4.78 is 0. The SMILES string of the molecule is CNC(=O)c1cnc2[nH]ccc2c1NC1CC(NCc2ccccc2)C1. The lowest BCUT2D eigenvalue weighted by molar-refractivity contribution is 0.0963. The molecule has 0 atom stereocenters. The molecular weight excluding hydrogens is 326 g/mol. The van der Waals surface area contributed by atoms with E-state index in [0.717, 1.165) is 36.1 Å². The minimum Gasteiger partial charge on any atom is -0.381 e. The molecule has 6 nitrogen and oxygen atoms in total. The molecule has 0 aliphatic heterocycles. The number of hydrogen-bond donors (Lipinski definition) is 4. The lowest BCUT2D eigenvalue weighted by Crippen LogP contribution is -2.47. The number of hydrogen-bond acceptors (Lipinski definition) is 4. The third-order valence-electron chi connectivity index (χ3n) is 4.98. The number of rotatable bonds is 6. The average molecular weight is 349 g/mol. The highest BCUT2D eigenvalue weighted by molar-refractivity contribution is 6.06. The van der Waals surface area contributed by atoms with Gasteiger partial charge >= 0.3 is 0 Å². The van der Waals surface area contributed by atoms with Crippen LogP contribution in [0.5, 0.6) is 0 Å².